The molecule has 0 saturated carbocycles. The predicted octanol–water partition coefficient (Wildman–Crippen LogP) is 2.13. The minimum absolute atomic E-state index is 0.597. The molecule has 0 aliphatic heterocycles. The van der Waals surface area contributed by atoms with E-state index in [0.717, 1.165) is 26.1 Å². The van der Waals surface area contributed by atoms with Gasteiger partial charge in [0.25, 0.3) is 0 Å². The molecule has 2 nitrogen and oxygen atoms in total. The van der Waals surface area contributed by atoms with Gasteiger partial charge in [-0.2, -0.15) is 0 Å². The van der Waals surface area contributed by atoms with Crippen molar-refractivity contribution < 1.29 is 0 Å². The Balaban J connectivity index is 2.28. The van der Waals surface area contributed by atoms with Gasteiger partial charge in [-0.15, -0.1) is 11.3 Å². The Hall–Kier alpha value is -0.380. The standard InChI is InChI=1S/C12H22N2S/c1-10(8-13)9-14(3)6-4-12-11(2)5-7-15-12/h5,7,10H,4,6,8-9,13H2,1-3H3. The lowest BCUT2D eigenvalue weighted by atomic mass is 10.1. The molecule has 1 aromatic rings. The summed E-state index contributed by atoms with van der Waals surface area (Å²) in [4.78, 5) is 3.89. The Morgan fingerprint density at radius 3 is 2.80 bits per heavy atom. The highest BCUT2D eigenvalue weighted by molar-refractivity contribution is 7.10. The van der Waals surface area contributed by atoms with Crippen LogP contribution in [-0.2, 0) is 6.42 Å². The molecule has 86 valence electrons. The van der Waals surface area contributed by atoms with Crippen LogP contribution >= 0.6 is 11.3 Å². The van der Waals surface area contributed by atoms with Crippen molar-refractivity contribution in [1.29, 1.82) is 0 Å². The van der Waals surface area contributed by atoms with Crippen LogP contribution in [0.25, 0.3) is 0 Å². The van der Waals surface area contributed by atoms with Gasteiger partial charge in [0.1, 0.15) is 0 Å². The molecule has 0 aliphatic rings. The zero-order valence-electron chi connectivity index (χ0n) is 9.99. The summed E-state index contributed by atoms with van der Waals surface area (Å²) in [6, 6.07) is 2.20. The van der Waals surface area contributed by atoms with E-state index in [4.69, 9.17) is 5.73 Å². The van der Waals surface area contributed by atoms with Crippen molar-refractivity contribution in [2.45, 2.75) is 20.3 Å². The van der Waals surface area contributed by atoms with Gasteiger partial charge in [-0.05, 0) is 49.9 Å². The molecule has 2 N–H and O–H groups in total. The summed E-state index contributed by atoms with van der Waals surface area (Å²) in [5.41, 5.74) is 7.04. The largest absolute Gasteiger partial charge is 0.330 e. The molecule has 1 aromatic heterocycles. The molecule has 0 spiro atoms. The second kappa shape index (κ2) is 6.26. The normalized spacial score (nSPS) is 13.4. The van der Waals surface area contributed by atoms with Crippen molar-refractivity contribution >= 4 is 11.3 Å². The zero-order chi connectivity index (χ0) is 11.3. The van der Waals surface area contributed by atoms with E-state index in [1.165, 1.54) is 10.4 Å². The number of thiophene rings is 1. The number of hydrogen-bond acceptors (Lipinski definition) is 3. The van der Waals surface area contributed by atoms with Crippen molar-refractivity contribution in [3.63, 3.8) is 0 Å². The number of rotatable bonds is 6. The molecule has 0 aromatic carbocycles. The molecule has 0 amide bonds. The molecule has 1 unspecified atom stereocenters. The van der Waals surface area contributed by atoms with E-state index < -0.39 is 0 Å². The number of aryl methyl sites for hydroxylation is 1. The smallest absolute Gasteiger partial charge is 0.00871 e. The van der Waals surface area contributed by atoms with Crippen LogP contribution in [-0.4, -0.2) is 31.6 Å². The summed E-state index contributed by atoms with van der Waals surface area (Å²) in [5.74, 6) is 0.597. The maximum absolute atomic E-state index is 5.61. The monoisotopic (exact) mass is 226 g/mol. The quantitative estimate of drug-likeness (QED) is 0.805. The summed E-state index contributed by atoms with van der Waals surface area (Å²) in [6.45, 7) is 7.40. The van der Waals surface area contributed by atoms with Crippen LogP contribution < -0.4 is 5.73 Å². The summed E-state index contributed by atoms with van der Waals surface area (Å²) in [5, 5.41) is 2.17. The van der Waals surface area contributed by atoms with Gasteiger partial charge in [0.15, 0.2) is 0 Å². The third kappa shape index (κ3) is 4.33. The second-order valence-corrected chi connectivity index (χ2v) is 5.38. The Bertz CT molecular complexity index is 283. The summed E-state index contributed by atoms with van der Waals surface area (Å²) in [7, 11) is 2.18. The molecule has 3 heteroatoms. The molecule has 0 fully saturated rings. The topological polar surface area (TPSA) is 29.3 Å². The lowest BCUT2D eigenvalue weighted by Crippen LogP contribution is -2.29. The van der Waals surface area contributed by atoms with Crippen LogP contribution in [0.2, 0.25) is 0 Å². The first-order chi connectivity index (χ1) is 7.13. The van der Waals surface area contributed by atoms with E-state index >= 15 is 0 Å². The first-order valence-electron chi connectivity index (χ1n) is 5.55. The highest BCUT2D eigenvalue weighted by Crippen LogP contribution is 2.16. The van der Waals surface area contributed by atoms with Gasteiger partial charge >= 0.3 is 0 Å². The SMILES string of the molecule is Cc1ccsc1CCN(C)CC(C)CN. The van der Waals surface area contributed by atoms with Crippen LogP contribution in [0.3, 0.4) is 0 Å². The Morgan fingerprint density at radius 2 is 2.27 bits per heavy atom. The van der Waals surface area contributed by atoms with Crippen molar-refractivity contribution in [3.8, 4) is 0 Å². The van der Waals surface area contributed by atoms with Crippen molar-refractivity contribution in [3.05, 3.63) is 21.9 Å². The third-order valence-corrected chi connectivity index (χ3v) is 3.80. The molecular weight excluding hydrogens is 204 g/mol. The fraction of sp³-hybridized carbons (Fsp3) is 0.667. The van der Waals surface area contributed by atoms with Gasteiger partial charge in [0.05, 0.1) is 0 Å². The Labute approximate surface area is 97.1 Å². The lowest BCUT2D eigenvalue weighted by molar-refractivity contribution is 0.293. The van der Waals surface area contributed by atoms with E-state index in [1.807, 2.05) is 11.3 Å². The molecular formula is C12H22N2S. The predicted molar refractivity (Wildman–Crippen MR) is 68.5 cm³/mol. The van der Waals surface area contributed by atoms with Crippen LogP contribution in [0.4, 0.5) is 0 Å². The molecule has 15 heavy (non-hydrogen) atoms. The Morgan fingerprint density at radius 1 is 1.53 bits per heavy atom. The summed E-state index contributed by atoms with van der Waals surface area (Å²) >= 11 is 1.86. The highest BCUT2D eigenvalue weighted by atomic mass is 32.1. The van der Waals surface area contributed by atoms with Gasteiger partial charge in [-0.3, -0.25) is 0 Å². The molecule has 0 radical (unpaired) electrons. The van der Waals surface area contributed by atoms with Crippen LogP contribution in [0.5, 0.6) is 0 Å². The van der Waals surface area contributed by atoms with Gasteiger partial charge in [-0.25, -0.2) is 0 Å². The van der Waals surface area contributed by atoms with Crippen LogP contribution in [0, 0.1) is 12.8 Å². The van der Waals surface area contributed by atoms with Crippen LogP contribution in [0.1, 0.15) is 17.4 Å². The van der Waals surface area contributed by atoms with E-state index in [9.17, 15) is 0 Å². The second-order valence-electron chi connectivity index (χ2n) is 4.38. The summed E-state index contributed by atoms with van der Waals surface area (Å²) < 4.78 is 0. The molecule has 0 saturated heterocycles. The minimum Gasteiger partial charge on any atom is -0.330 e. The maximum Gasteiger partial charge on any atom is 0.00871 e. The number of likely N-dealkylation sites (N-methyl/N-ethyl adjacent to an activating group) is 1. The van der Waals surface area contributed by atoms with Gasteiger partial charge in [0.2, 0.25) is 0 Å². The van der Waals surface area contributed by atoms with E-state index in [-0.39, 0.29) is 0 Å². The first kappa shape index (κ1) is 12.7. The van der Waals surface area contributed by atoms with Crippen molar-refractivity contribution in [2.24, 2.45) is 11.7 Å². The van der Waals surface area contributed by atoms with Gasteiger partial charge in [-0.1, -0.05) is 6.92 Å². The molecule has 1 rings (SSSR count). The zero-order valence-corrected chi connectivity index (χ0v) is 10.8. The Kier molecular flexibility index (Phi) is 5.29. The van der Waals surface area contributed by atoms with E-state index in [2.05, 4.69) is 37.2 Å². The number of nitrogens with zero attached hydrogens (tertiary/aromatic N) is 1. The van der Waals surface area contributed by atoms with Crippen molar-refractivity contribution in [1.82, 2.24) is 4.90 Å². The fourth-order valence-electron chi connectivity index (χ4n) is 1.65. The highest BCUT2D eigenvalue weighted by Gasteiger charge is 2.06. The fourth-order valence-corrected chi connectivity index (χ4v) is 2.55. The average Bonchev–Trinajstić information content (AvgIpc) is 2.61. The lowest BCUT2D eigenvalue weighted by Gasteiger charge is -2.19. The average molecular weight is 226 g/mol. The molecule has 1 atom stereocenters. The van der Waals surface area contributed by atoms with Crippen molar-refractivity contribution in [2.75, 3.05) is 26.7 Å². The number of nitrogens with two attached hydrogens (primary N) is 1. The third-order valence-electron chi connectivity index (χ3n) is 2.71. The van der Waals surface area contributed by atoms with E-state index in [0.29, 0.717) is 5.92 Å². The van der Waals surface area contributed by atoms with Gasteiger partial charge in [0, 0.05) is 18.0 Å². The summed E-state index contributed by atoms with van der Waals surface area (Å²) in [6.07, 6.45) is 1.16. The minimum atomic E-state index is 0.597. The van der Waals surface area contributed by atoms with Crippen LogP contribution in [0.15, 0.2) is 11.4 Å². The molecule has 0 bridgehead atoms. The van der Waals surface area contributed by atoms with Gasteiger partial charge < -0.3 is 10.6 Å². The molecule has 0 aliphatic carbocycles. The first-order valence-corrected chi connectivity index (χ1v) is 6.43. The number of hydrogen-bond donors (Lipinski definition) is 1. The van der Waals surface area contributed by atoms with E-state index in [1.54, 1.807) is 0 Å². The molecule has 1 heterocycles. The maximum atomic E-state index is 5.61.